The van der Waals surface area contributed by atoms with Crippen LogP contribution in [0.1, 0.15) is 18.9 Å². The molecule has 0 unspecified atom stereocenters. The fourth-order valence-corrected chi connectivity index (χ4v) is 3.87. The zero-order chi connectivity index (χ0) is 11.9. The molecule has 2 aromatic rings. The zero-order valence-electron chi connectivity index (χ0n) is 9.93. The predicted molar refractivity (Wildman–Crippen MR) is 78.6 cm³/mol. The highest BCUT2D eigenvalue weighted by atomic mass is 33.1. The van der Waals surface area contributed by atoms with Crippen LogP contribution in [-0.2, 0) is 6.42 Å². The van der Waals surface area contributed by atoms with Crippen molar-refractivity contribution >= 4 is 21.6 Å². The lowest BCUT2D eigenvalue weighted by molar-refractivity contribution is 0.901. The topological polar surface area (TPSA) is 0 Å². The van der Waals surface area contributed by atoms with Crippen LogP contribution >= 0.6 is 21.6 Å². The number of hydrogen-bond acceptors (Lipinski definition) is 2. The molecule has 0 atom stereocenters. The third kappa shape index (κ3) is 3.83. The lowest BCUT2D eigenvalue weighted by Crippen LogP contribution is -1.85. The molecule has 0 aliphatic rings. The standard InChI is InChI=1S/C15H16S2/c1-2-8-13-9-6-7-12-15(13)17-16-14-10-4-3-5-11-14/h3-7,9-12H,2,8H2,1H3. The van der Waals surface area contributed by atoms with Crippen molar-refractivity contribution in [1.82, 2.24) is 0 Å². The Balaban J connectivity index is 2.03. The fourth-order valence-electron chi connectivity index (χ4n) is 1.63. The molecule has 2 rings (SSSR count). The fraction of sp³-hybridized carbons (Fsp3) is 0.200. The second kappa shape index (κ2) is 6.77. The van der Waals surface area contributed by atoms with Crippen molar-refractivity contribution in [2.75, 3.05) is 0 Å². The van der Waals surface area contributed by atoms with E-state index in [2.05, 4.69) is 61.5 Å². The van der Waals surface area contributed by atoms with E-state index in [0.29, 0.717) is 0 Å². The molecule has 0 fully saturated rings. The summed E-state index contributed by atoms with van der Waals surface area (Å²) in [5.41, 5.74) is 1.46. The van der Waals surface area contributed by atoms with Gasteiger partial charge >= 0.3 is 0 Å². The van der Waals surface area contributed by atoms with Crippen molar-refractivity contribution in [3.63, 3.8) is 0 Å². The van der Waals surface area contributed by atoms with E-state index in [1.807, 2.05) is 21.6 Å². The second-order valence-electron chi connectivity index (χ2n) is 3.84. The van der Waals surface area contributed by atoms with Crippen LogP contribution < -0.4 is 0 Å². The molecule has 88 valence electrons. The van der Waals surface area contributed by atoms with Gasteiger partial charge in [0, 0.05) is 9.79 Å². The molecule has 17 heavy (non-hydrogen) atoms. The van der Waals surface area contributed by atoms with Gasteiger partial charge in [-0.15, -0.1) is 0 Å². The van der Waals surface area contributed by atoms with E-state index in [0.717, 1.165) is 0 Å². The molecule has 0 radical (unpaired) electrons. The first-order chi connectivity index (χ1) is 8.40. The molecule has 2 heteroatoms. The van der Waals surface area contributed by atoms with Crippen molar-refractivity contribution in [3.05, 3.63) is 60.2 Å². The van der Waals surface area contributed by atoms with Gasteiger partial charge in [-0.25, -0.2) is 0 Å². The molecule has 0 amide bonds. The molecule has 0 aliphatic heterocycles. The van der Waals surface area contributed by atoms with Crippen molar-refractivity contribution in [2.24, 2.45) is 0 Å². The number of aryl methyl sites for hydroxylation is 1. The van der Waals surface area contributed by atoms with E-state index in [9.17, 15) is 0 Å². The molecule has 0 heterocycles. The average Bonchev–Trinajstić information content (AvgIpc) is 2.39. The minimum absolute atomic E-state index is 1.17. The minimum Gasteiger partial charge on any atom is -0.0651 e. The van der Waals surface area contributed by atoms with Gasteiger partial charge in [-0.1, -0.05) is 71.3 Å². The van der Waals surface area contributed by atoms with Crippen LogP contribution in [0.4, 0.5) is 0 Å². The van der Waals surface area contributed by atoms with Crippen LogP contribution in [0.3, 0.4) is 0 Å². The Bertz CT molecular complexity index is 451. The highest BCUT2D eigenvalue weighted by molar-refractivity contribution is 8.76. The first-order valence-electron chi connectivity index (χ1n) is 5.87. The Morgan fingerprint density at radius 3 is 2.29 bits per heavy atom. The molecule has 0 aromatic heterocycles. The van der Waals surface area contributed by atoms with E-state index >= 15 is 0 Å². The van der Waals surface area contributed by atoms with Gasteiger partial charge in [-0.2, -0.15) is 0 Å². The number of hydrogen-bond donors (Lipinski definition) is 0. The summed E-state index contributed by atoms with van der Waals surface area (Å²) < 4.78 is 0. The Morgan fingerprint density at radius 2 is 1.53 bits per heavy atom. The van der Waals surface area contributed by atoms with Gasteiger partial charge in [-0.3, -0.25) is 0 Å². The van der Waals surface area contributed by atoms with Gasteiger partial charge in [0.2, 0.25) is 0 Å². The van der Waals surface area contributed by atoms with E-state index in [4.69, 9.17) is 0 Å². The summed E-state index contributed by atoms with van der Waals surface area (Å²) in [6.45, 7) is 2.23. The Morgan fingerprint density at radius 1 is 0.824 bits per heavy atom. The summed E-state index contributed by atoms with van der Waals surface area (Å²) in [4.78, 5) is 2.70. The molecule has 0 bridgehead atoms. The summed E-state index contributed by atoms with van der Waals surface area (Å²) in [5.74, 6) is 0. The van der Waals surface area contributed by atoms with Crippen LogP contribution in [0, 0.1) is 0 Å². The maximum atomic E-state index is 2.23. The van der Waals surface area contributed by atoms with Crippen molar-refractivity contribution in [1.29, 1.82) is 0 Å². The first kappa shape index (κ1) is 12.6. The zero-order valence-corrected chi connectivity index (χ0v) is 11.6. The molecular weight excluding hydrogens is 244 g/mol. The number of benzene rings is 2. The molecule has 0 nitrogen and oxygen atoms in total. The third-order valence-corrected chi connectivity index (χ3v) is 4.95. The Kier molecular flexibility index (Phi) is 5.02. The summed E-state index contributed by atoms with van der Waals surface area (Å²) in [7, 11) is 3.69. The van der Waals surface area contributed by atoms with Gasteiger partial charge in [0.25, 0.3) is 0 Å². The van der Waals surface area contributed by atoms with Crippen molar-refractivity contribution in [2.45, 2.75) is 29.6 Å². The van der Waals surface area contributed by atoms with Gasteiger partial charge < -0.3 is 0 Å². The van der Waals surface area contributed by atoms with Crippen LogP contribution in [0.2, 0.25) is 0 Å². The summed E-state index contributed by atoms with van der Waals surface area (Å²) >= 11 is 0. The lowest BCUT2D eigenvalue weighted by Gasteiger charge is -2.07. The van der Waals surface area contributed by atoms with Gasteiger partial charge in [-0.05, 0) is 30.2 Å². The molecule has 0 saturated carbocycles. The molecule has 0 spiro atoms. The van der Waals surface area contributed by atoms with E-state index in [-0.39, 0.29) is 0 Å². The minimum atomic E-state index is 1.17. The second-order valence-corrected chi connectivity index (χ2v) is 6.08. The SMILES string of the molecule is CCCc1ccccc1SSc1ccccc1. The quantitative estimate of drug-likeness (QED) is 0.657. The highest BCUT2D eigenvalue weighted by Crippen LogP contribution is 2.38. The van der Waals surface area contributed by atoms with Crippen LogP contribution in [-0.4, -0.2) is 0 Å². The average molecular weight is 260 g/mol. The molecule has 0 N–H and O–H groups in total. The van der Waals surface area contributed by atoms with Crippen molar-refractivity contribution < 1.29 is 0 Å². The number of rotatable bonds is 5. The predicted octanol–water partition coefficient (Wildman–Crippen LogP) is 5.44. The van der Waals surface area contributed by atoms with Gasteiger partial charge in [0.05, 0.1) is 0 Å². The maximum absolute atomic E-state index is 2.23. The van der Waals surface area contributed by atoms with E-state index in [1.165, 1.54) is 28.2 Å². The largest absolute Gasteiger partial charge is 0.0651 e. The molecule has 0 saturated heterocycles. The van der Waals surface area contributed by atoms with Gasteiger partial charge in [0.1, 0.15) is 0 Å². The van der Waals surface area contributed by atoms with Crippen molar-refractivity contribution in [3.8, 4) is 0 Å². The molecule has 2 aromatic carbocycles. The summed E-state index contributed by atoms with van der Waals surface area (Å²) in [6, 6.07) is 19.2. The summed E-state index contributed by atoms with van der Waals surface area (Å²) in [6.07, 6.45) is 2.37. The third-order valence-electron chi connectivity index (χ3n) is 2.46. The van der Waals surface area contributed by atoms with Crippen LogP contribution in [0.25, 0.3) is 0 Å². The Hall–Kier alpha value is -0.860. The molecular formula is C15H16S2. The Labute approximate surface area is 111 Å². The van der Waals surface area contributed by atoms with E-state index in [1.54, 1.807) is 0 Å². The van der Waals surface area contributed by atoms with Gasteiger partial charge in [0.15, 0.2) is 0 Å². The van der Waals surface area contributed by atoms with E-state index < -0.39 is 0 Å². The smallest absolute Gasteiger partial charge is 0.0218 e. The maximum Gasteiger partial charge on any atom is 0.0218 e. The lowest BCUT2D eigenvalue weighted by atomic mass is 10.1. The monoisotopic (exact) mass is 260 g/mol. The van der Waals surface area contributed by atoms with Crippen LogP contribution in [0.15, 0.2) is 64.4 Å². The highest BCUT2D eigenvalue weighted by Gasteiger charge is 2.02. The first-order valence-corrected chi connectivity index (χ1v) is 8.02. The molecule has 0 aliphatic carbocycles. The summed E-state index contributed by atoms with van der Waals surface area (Å²) in [5, 5.41) is 0. The van der Waals surface area contributed by atoms with Crippen LogP contribution in [0.5, 0.6) is 0 Å². The normalized spacial score (nSPS) is 10.4.